The van der Waals surface area contributed by atoms with Gasteiger partial charge in [0.25, 0.3) is 11.6 Å². The number of hydrogen-bond donors (Lipinski definition) is 0. The first kappa shape index (κ1) is 16.2. The van der Waals surface area contributed by atoms with Gasteiger partial charge in [0.05, 0.1) is 17.1 Å². The van der Waals surface area contributed by atoms with Gasteiger partial charge in [-0.3, -0.25) is 14.9 Å². The van der Waals surface area contributed by atoms with Crippen molar-refractivity contribution < 1.29 is 14.5 Å². The van der Waals surface area contributed by atoms with Crippen molar-refractivity contribution >= 4 is 39.1 Å². The van der Waals surface area contributed by atoms with Gasteiger partial charge in [0, 0.05) is 41.1 Å². The second kappa shape index (κ2) is 6.72. The topological polar surface area (TPSA) is 72.7 Å². The summed E-state index contributed by atoms with van der Waals surface area (Å²) in [5.41, 5.74) is 0.0285. The molecule has 0 aliphatic carbocycles. The summed E-state index contributed by atoms with van der Waals surface area (Å²) in [6.07, 6.45) is -0.175. The SMILES string of the molecule is CC1CN(C(=O)c2cc(Cl)cc([N+](=O)[O-])c2)CC(CBr)O1. The molecular formula is C13H14BrClN2O4. The molecule has 1 fully saturated rings. The molecular weight excluding hydrogens is 364 g/mol. The van der Waals surface area contributed by atoms with Crippen LogP contribution < -0.4 is 0 Å². The Bertz CT molecular complexity index is 569. The number of rotatable bonds is 3. The van der Waals surface area contributed by atoms with E-state index in [1.807, 2.05) is 6.92 Å². The molecule has 0 bridgehead atoms. The standard InChI is InChI=1S/C13H14BrClN2O4/c1-8-6-16(7-12(5-14)21-8)13(18)9-2-10(15)4-11(3-9)17(19)20/h2-4,8,12H,5-7H2,1H3. The van der Waals surface area contributed by atoms with Crippen molar-refractivity contribution in [2.45, 2.75) is 19.1 Å². The number of nitrogens with zero attached hydrogens (tertiary/aromatic N) is 2. The zero-order valence-electron chi connectivity index (χ0n) is 11.3. The van der Waals surface area contributed by atoms with Crippen LogP contribution >= 0.6 is 27.5 Å². The number of benzene rings is 1. The second-order valence-corrected chi connectivity index (χ2v) is 5.97. The minimum Gasteiger partial charge on any atom is -0.371 e. The maximum atomic E-state index is 12.5. The average Bonchev–Trinajstić information content (AvgIpc) is 2.45. The number of nitro benzene ring substituents is 1. The lowest BCUT2D eigenvalue weighted by atomic mass is 10.1. The molecule has 1 aromatic rings. The highest BCUT2D eigenvalue weighted by Gasteiger charge is 2.29. The molecule has 0 aromatic heterocycles. The van der Waals surface area contributed by atoms with Gasteiger partial charge >= 0.3 is 0 Å². The third-order valence-corrected chi connectivity index (χ3v) is 4.07. The Morgan fingerprint density at radius 2 is 2.24 bits per heavy atom. The van der Waals surface area contributed by atoms with Crippen molar-refractivity contribution in [1.29, 1.82) is 0 Å². The Morgan fingerprint density at radius 1 is 1.52 bits per heavy atom. The van der Waals surface area contributed by atoms with E-state index < -0.39 is 4.92 Å². The third-order valence-electron chi connectivity index (χ3n) is 3.13. The Morgan fingerprint density at radius 3 is 2.86 bits per heavy atom. The van der Waals surface area contributed by atoms with Gasteiger partial charge in [-0.25, -0.2) is 0 Å². The van der Waals surface area contributed by atoms with Crippen molar-refractivity contribution in [3.63, 3.8) is 0 Å². The fourth-order valence-electron chi connectivity index (χ4n) is 2.28. The number of amides is 1. The van der Waals surface area contributed by atoms with Crippen LogP contribution in [0, 0.1) is 10.1 Å². The average molecular weight is 378 g/mol. The van der Waals surface area contributed by atoms with Crippen LogP contribution in [0.2, 0.25) is 5.02 Å². The number of nitro groups is 1. The van der Waals surface area contributed by atoms with E-state index in [4.69, 9.17) is 16.3 Å². The summed E-state index contributed by atoms with van der Waals surface area (Å²) < 4.78 is 5.66. The molecule has 2 atom stereocenters. The molecule has 1 aliphatic rings. The number of carbonyl (C=O) groups is 1. The third kappa shape index (κ3) is 3.93. The van der Waals surface area contributed by atoms with Gasteiger partial charge in [0.1, 0.15) is 0 Å². The Hall–Kier alpha value is -1.18. The zero-order valence-corrected chi connectivity index (χ0v) is 13.6. The Labute approximate surface area is 135 Å². The summed E-state index contributed by atoms with van der Waals surface area (Å²) in [5, 5.41) is 11.6. The lowest BCUT2D eigenvalue weighted by Gasteiger charge is -2.36. The van der Waals surface area contributed by atoms with Crippen LogP contribution in [0.3, 0.4) is 0 Å². The van der Waals surface area contributed by atoms with E-state index in [0.717, 1.165) is 0 Å². The number of alkyl halides is 1. The summed E-state index contributed by atoms with van der Waals surface area (Å²) >= 11 is 9.19. The molecule has 0 spiro atoms. The summed E-state index contributed by atoms with van der Waals surface area (Å²) in [5.74, 6) is -0.276. The van der Waals surface area contributed by atoms with Gasteiger partial charge in [-0.05, 0) is 13.0 Å². The second-order valence-electron chi connectivity index (χ2n) is 4.89. The normalized spacial score (nSPS) is 22.1. The highest BCUT2D eigenvalue weighted by atomic mass is 79.9. The van der Waals surface area contributed by atoms with Crippen molar-refractivity contribution in [1.82, 2.24) is 4.90 Å². The van der Waals surface area contributed by atoms with E-state index in [1.165, 1.54) is 18.2 Å². The fourth-order valence-corrected chi connectivity index (χ4v) is 2.87. The predicted octanol–water partition coefficient (Wildman–Crippen LogP) is 2.87. The van der Waals surface area contributed by atoms with Crippen LogP contribution in [0.4, 0.5) is 5.69 Å². The lowest BCUT2D eigenvalue weighted by molar-refractivity contribution is -0.384. The van der Waals surface area contributed by atoms with E-state index in [1.54, 1.807) is 4.90 Å². The van der Waals surface area contributed by atoms with E-state index in [-0.39, 0.29) is 34.4 Å². The Balaban J connectivity index is 2.25. The van der Waals surface area contributed by atoms with Gasteiger partial charge in [0.15, 0.2) is 0 Å². The Kier molecular flexibility index (Phi) is 5.18. The van der Waals surface area contributed by atoms with Gasteiger partial charge in [-0.15, -0.1) is 0 Å². The first-order chi connectivity index (χ1) is 9.90. The van der Waals surface area contributed by atoms with Gasteiger partial charge in [-0.1, -0.05) is 27.5 Å². The largest absolute Gasteiger partial charge is 0.371 e. The van der Waals surface area contributed by atoms with Crippen molar-refractivity contribution in [2.24, 2.45) is 0 Å². The molecule has 0 N–H and O–H groups in total. The summed E-state index contributed by atoms with van der Waals surface area (Å²) in [6.45, 7) is 2.77. The van der Waals surface area contributed by atoms with Crippen LogP contribution in [0.1, 0.15) is 17.3 Å². The quantitative estimate of drug-likeness (QED) is 0.461. The first-order valence-electron chi connectivity index (χ1n) is 6.36. The monoisotopic (exact) mass is 376 g/mol. The molecule has 21 heavy (non-hydrogen) atoms. The molecule has 1 saturated heterocycles. The molecule has 8 heteroatoms. The van der Waals surface area contributed by atoms with Gasteiger partial charge in [0.2, 0.25) is 0 Å². The summed E-state index contributed by atoms with van der Waals surface area (Å²) in [4.78, 5) is 24.4. The molecule has 114 valence electrons. The highest BCUT2D eigenvalue weighted by molar-refractivity contribution is 9.09. The highest BCUT2D eigenvalue weighted by Crippen LogP contribution is 2.23. The first-order valence-corrected chi connectivity index (χ1v) is 7.86. The van der Waals surface area contributed by atoms with Crippen molar-refractivity contribution in [3.05, 3.63) is 38.9 Å². The number of non-ortho nitro benzene ring substituents is 1. The maximum absolute atomic E-state index is 12.5. The number of hydrogen-bond acceptors (Lipinski definition) is 4. The fraction of sp³-hybridized carbons (Fsp3) is 0.462. The van der Waals surface area contributed by atoms with Crippen LogP contribution in [0.15, 0.2) is 18.2 Å². The summed E-state index contributed by atoms with van der Waals surface area (Å²) in [7, 11) is 0. The molecule has 1 aromatic carbocycles. The molecule has 1 aliphatic heterocycles. The smallest absolute Gasteiger partial charge is 0.271 e. The van der Waals surface area contributed by atoms with Crippen LogP contribution in [-0.2, 0) is 4.74 Å². The number of halogens is 2. The number of morpholine rings is 1. The molecule has 0 radical (unpaired) electrons. The molecule has 2 rings (SSSR count). The van der Waals surface area contributed by atoms with Crippen LogP contribution in [0.5, 0.6) is 0 Å². The van der Waals surface area contributed by atoms with E-state index in [2.05, 4.69) is 15.9 Å². The molecule has 0 saturated carbocycles. The van der Waals surface area contributed by atoms with E-state index in [0.29, 0.717) is 18.4 Å². The van der Waals surface area contributed by atoms with Crippen molar-refractivity contribution in [2.75, 3.05) is 18.4 Å². The maximum Gasteiger partial charge on any atom is 0.271 e. The molecule has 1 heterocycles. The zero-order chi connectivity index (χ0) is 15.6. The minimum absolute atomic E-state index is 0.0839. The van der Waals surface area contributed by atoms with Crippen LogP contribution in [0.25, 0.3) is 0 Å². The molecule has 6 nitrogen and oxygen atoms in total. The van der Waals surface area contributed by atoms with E-state index >= 15 is 0 Å². The number of ether oxygens (including phenoxy) is 1. The molecule has 2 unspecified atom stereocenters. The van der Waals surface area contributed by atoms with E-state index in [9.17, 15) is 14.9 Å². The number of carbonyl (C=O) groups excluding carboxylic acids is 1. The predicted molar refractivity (Wildman–Crippen MR) is 82.1 cm³/mol. The van der Waals surface area contributed by atoms with Gasteiger partial charge < -0.3 is 9.64 Å². The lowest BCUT2D eigenvalue weighted by Crippen LogP contribution is -2.49. The minimum atomic E-state index is -0.564. The van der Waals surface area contributed by atoms with Crippen LogP contribution in [-0.4, -0.2) is 46.4 Å². The van der Waals surface area contributed by atoms with Gasteiger partial charge in [-0.2, -0.15) is 0 Å². The molecule has 1 amide bonds. The van der Waals surface area contributed by atoms with Crippen molar-refractivity contribution in [3.8, 4) is 0 Å². The summed E-state index contributed by atoms with van der Waals surface area (Å²) in [6, 6.07) is 3.92.